The molecule has 1 fully saturated rings. The standard InChI is InChI=1S/C18H26N6O/c19-7-6-18(25)22-12-16-3-1-2-9-23(16)13-15-4-5-17(21-11-15)24-10-8-20-14-24/h4-5,8,10-11,14,16H,1-3,6-7,9,12-13,19H2,(H,22,25). The quantitative estimate of drug-likeness (QED) is 0.786. The van der Waals surface area contributed by atoms with Crippen molar-refractivity contribution in [1.29, 1.82) is 0 Å². The molecule has 25 heavy (non-hydrogen) atoms. The first-order valence-electron chi connectivity index (χ1n) is 8.90. The predicted octanol–water partition coefficient (Wildman–Crippen LogP) is 1.09. The van der Waals surface area contributed by atoms with E-state index in [9.17, 15) is 4.79 Å². The van der Waals surface area contributed by atoms with Gasteiger partial charge in [0.05, 0.1) is 0 Å². The highest BCUT2D eigenvalue weighted by Gasteiger charge is 2.22. The summed E-state index contributed by atoms with van der Waals surface area (Å²) in [6, 6.07) is 4.50. The molecule has 7 nitrogen and oxygen atoms in total. The zero-order valence-corrected chi connectivity index (χ0v) is 14.5. The summed E-state index contributed by atoms with van der Waals surface area (Å²) in [6.45, 7) is 3.00. The summed E-state index contributed by atoms with van der Waals surface area (Å²) in [4.78, 5) is 22.7. The number of rotatable bonds is 7. The summed E-state index contributed by atoms with van der Waals surface area (Å²) in [5, 5.41) is 3.01. The van der Waals surface area contributed by atoms with Gasteiger partial charge in [-0.3, -0.25) is 14.3 Å². The molecule has 3 N–H and O–H groups in total. The fraction of sp³-hybridized carbons (Fsp3) is 0.500. The van der Waals surface area contributed by atoms with Gasteiger partial charge < -0.3 is 11.1 Å². The third-order valence-corrected chi connectivity index (χ3v) is 4.62. The number of nitrogens with one attached hydrogen (secondary N) is 1. The lowest BCUT2D eigenvalue weighted by Gasteiger charge is -2.35. The zero-order chi connectivity index (χ0) is 17.5. The first kappa shape index (κ1) is 17.6. The van der Waals surface area contributed by atoms with Crippen molar-refractivity contribution in [1.82, 2.24) is 24.8 Å². The van der Waals surface area contributed by atoms with E-state index in [4.69, 9.17) is 5.73 Å². The number of amides is 1. The van der Waals surface area contributed by atoms with Gasteiger partial charge in [-0.2, -0.15) is 0 Å². The van der Waals surface area contributed by atoms with Crippen LogP contribution in [-0.2, 0) is 11.3 Å². The van der Waals surface area contributed by atoms with Gasteiger partial charge >= 0.3 is 0 Å². The van der Waals surface area contributed by atoms with E-state index in [-0.39, 0.29) is 5.91 Å². The van der Waals surface area contributed by atoms with Gasteiger partial charge in [-0.05, 0) is 31.0 Å². The van der Waals surface area contributed by atoms with Crippen LogP contribution in [0, 0.1) is 0 Å². The molecule has 0 radical (unpaired) electrons. The van der Waals surface area contributed by atoms with Gasteiger partial charge in [0.1, 0.15) is 12.1 Å². The number of aromatic nitrogens is 3. The Labute approximate surface area is 148 Å². The Kier molecular flexibility index (Phi) is 6.14. The normalized spacial score (nSPS) is 18.2. The summed E-state index contributed by atoms with van der Waals surface area (Å²) in [5.41, 5.74) is 6.62. The van der Waals surface area contributed by atoms with E-state index < -0.39 is 0 Å². The highest BCUT2D eigenvalue weighted by Crippen LogP contribution is 2.19. The summed E-state index contributed by atoms with van der Waals surface area (Å²) >= 11 is 0. The van der Waals surface area contributed by atoms with Crippen LogP contribution in [-0.4, -0.2) is 51.0 Å². The van der Waals surface area contributed by atoms with Crippen LogP contribution in [0.1, 0.15) is 31.2 Å². The van der Waals surface area contributed by atoms with Crippen LogP contribution in [0.5, 0.6) is 0 Å². The van der Waals surface area contributed by atoms with Crippen molar-refractivity contribution in [2.45, 2.75) is 38.3 Å². The molecule has 3 heterocycles. The molecule has 1 saturated heterocycles. The molecule has 134 valence electrons. The molecule has 2 aromatic heterocycles. The van der Waals surface area contributed by atoms with Crippen molar-refractivity contribution < 1.29 is 4.79 Å². The number of piperidine rings is 1. The largest absolute Gasteiger partial charge is 0.354 e. The average Bonchev–Trinajstić information content (AvgIpc) is 3.17. The average molecular weight is 342 g/mol. The maximum absolute atomic E-state index is 11.7. The van der Waals surface area contributed by atoms with Gasteiger partial charge in [-0.15, -0.1) is 0 Å². The van der Waals surface area contributed by atoms with Gasteiger partial charge in [0.25, 0.3) is 0 Å². The lowest BCUT2D eigenvalue weighted by atomic mass is 10.0. The van der Waals surface area contributed by atoms with Crippen molar-refractivity contribution in [3.8, 4) is 5.82 Å². The minimum atomic E-state index is 0.0411. The van der Waals surface area contributed by atoms with E-state index >= 15 is 0 Å². The highest BCUT2D eigenvalue weighted by atomic mass is 16.1. The zero-order valence-electron chi connectivity index (χ0n) is 14.5. The summed E-state index contributed by atoms with van der Waals surface area (Å²) in [7, 11) is 0. The molecule has 0 saturated carbocycles. The third-order valence-electron chi connectivity index (χ3n) is 4.62. The van der Waals surface area contributed by atoms with Gasteiger partial charge in [-0.25, -0.2) is 9.97 Å². The maximum Gasteiger partial charge on any atom is 0.221 e. The van der Waals surface area contributed by atoms with Gasteiger partial charge in [0.15, 0.2) is 0 Å². The molecule has 1 amide bonds. The van der Waals surface area contributed by atoms with Crippen LogP contribution in [0.2, 0.25) is 0 Å². The summed E-state index contributed by atoms with van der Waals surface area (Å²) in [5.74, 6) is 0.907. The molecule has 0 aliphatic carbocycles. The molecule has 0 spiro atoms. The van der Waals surface area contributed by atoms with E-state index in [0.717, 1.165) is 25.3 Å². The number of hydrogen-bond acceptors (Lipinski definition) is 5. The Morgan fingerprint density at radius 1 is 1.36 bits per heavy atom. The number of imidazole rings is 1. The Balaban J connectivity index is 1.58. The Bertz CT molecular complexity index is 655. The number of nitrogens with two attached hydrogens (primary N) is 1. The van der Waals surface area contributed by atoms with E-state index in [1.165, 1.54) is 18.4 Å². The first-order valence-corrected chi connectivity index (χ1v) is 8.90. The van der Waals surface area contributed by atoms with E-state index in [0.29, 0.717) is 25.6 Å². The first-order chi connectivity index (χ1) is 12.3. The maximum atomic E-state index is 11.7. The van der Waals surface area contributed by atoms with Crippen molar-refractivity contribution in [2.75, 3.05) is 19.6 Å². The Morgan fingerprint density at radius 3 is 3.00 bits per heavy atom. The second kappa shape index (κ2) is 8.73. The van der Waals surface area contributed by atoms with Crippen molar-refractivity contribution in [3.63, 3.8) is 0 Å². The van der Waals surface area contributed by atoms with Crippen molar-refractivity contribution in [3.05, 3.63) is 42.6 Å². The molecule has 3 rings (SSSR count). The number of carbonyl (C=O) groups excluding carboxylic acids is 1. The second-order valence-electron chi connectivity index (χ2n) is 6.46. The third kappa shape index (κ3) is 4.87. The molecular formula is C18H26N6O. The fourth-order valence-electron chi connectivity index (χ4n) is 3.24. The van der Waals surface area contributed by atoms with Crippen LogP contribution in [0.3, 0.4) is 0 Å². The number of carbonyl (C=O) groups is 1. The monoisotopic (exact) mass is 342 g/mol. The molecule has 0 bridgehead atoms. The number of hydrogen-bond donors (Lipinski definition) is 2. The number of likely N-dealkylation sites (tertiary alicyclic amines) is 1. The Morgan fingerprint density at radius 2 is 2.28 bits per heavy atom. The predicted molar refractivity (Wildman–Crippen MR) is 96.1 cm³/mol. The van der Waals surface area contributed by atoms with E-state index in [1.54, 1.807) is 12.5 Å². The fourth-order valence-corrected chi connectivity index (χ4v) is 3.24. The number of pyridine rings is 1. The molecule has 7 heteroatoms. The minimum absolute atomic E-state index is 0.0411. The van der Waals surface area contributed by atoms with Gasteiger partial charge in [0.2, 0.25) is 5.91 Å². The highest BCUT2D eigenvalue weighted by molar-refractivity contribution is 5.76. The summed E-state index contributed by atoms with van der Waals surface area (Å²) in [6.07, 6.45) is 11.2. The van der Waals surface area contributed by atoms with E-state index in [2.05, 4.69) is 26.3 Å². The lowest BCUT2D eigenvalue weighted by molar-refractivity contribution is -0.121. The smallest absolute Gasteiger partial charge is 0.221 e. The van der Waals surface area contributed by atoms with Crippen molar-refractivity contribution in [2.24, 2.45) is 5.73 Å². The summed E-state index contributed by atoms with van der Waals surface area (Å²) < 4.78 is 1.89. The van der Waals surface area contributed by atoms with Crippen LogP contribution in [0.25, 0.3) is 5.82 Å². The number of nitrogens with zero attached hydrogens (tertiary/aromatic N) is 4. The van der Waals surface area contributed by atoms with E-state index in [1.807, 2.05) is 23.0 Å². The molecule has 1 aliphatic rings. The van der Waals surface area contributed by atoms with Crippen LogP contribution < -0.4 is 11.1 Å². The molecular weight excluding hydrogens is 316 g/mol. The topological polar surface area (TPSA) is 89.1 Å². The Hall–Kier alpha value is -2.25. The lowest BCUT2D eigenvalue weighted by Crippen LogP contribution is -2.46. The second-order valence-corrected chi connectivity index (χ2v) is 6.46. The molecule has 1 aliphatic heterocycles. The molecule has 0 aromatic carbocycles. The SMILES string of the molecule is NCCC(=O)NCC1CCCCN1Cc1ccc(-n2ccnc2)nc1. The van der Waals surface area contributed by atoms with Crippen molar-refractivity contribution >= 4 is 5.91 Å². The van der Waals surface area contributed by atoms with Gasteiger partial charge in [0, 0.05) is 50.7 Å². The van der Waals surface area contributed by atoms with Gasteiger partial charge in [-0.1, -0.05) is 12.5 Å². The molecule has 2 aromatic rings. The van der Waals surface area contributed by atoms with Crippen LogP contribution in [0.4, 0.5) is 0 Å². The molecule has 1 atom stereocenters. The molecule has 1 unspecified atom stereocenters. The van der Waals surface area contributed by atoms with Crippen LogP contribution >= 0.6 is 0 Å². The minimum Gasteiger partial charge on any atom is -0.354 e. The van der Waals surface area contributed by atoms with Crippen LogP contribution in [0.15, 0.2) is 37.1 Å².